The van der Waals surface area contributed by atoms with Crippen LogP contribution >= 0.6 is 0 Å². The number of hydrogen-bond donors (Lipinski definition) is 0. The van der Waals surface area contributed by atoms with Gasteiger partial charge >= 0.3 is 5.97 Å². The van der Waals surface area contributed by atoms with Gasteiger partial charge in [-0.3, -0.25) is 9.97 Å². The minimum absolute atomic E-state index is 0.327. The third-order valence-electron chi connectivity index (χ3n) is 5.41. The number of benzene rings is 1. The van der Waals surface area contributed by atoms with Crippen LogP contribution in [0.2, 0.25) is 0 Å². The molecule has 0 N–H and O–H groups in total. The van der Waals surface area contributed by atoms with Crippen molar-refractivity contribution in [3.8, 4) is 16.9 Å². The zero-order valence-electron chi connectivity index (χ0n) is 19.0. The van der Waals surface area contributed by atoms with Crippen molar-refractivity contribution in [1.82, 2.24) is 9.97 Å². The molecule has 0 aliphatic heterocycles. The summed E-state index contributed by atoms with van der Waals surface area (Å²) in [5.74, 6) is 0.455. The maximum absolute atomic E-state index is 12.1. The number of carbonyl (C=O) groups is 1. The van der Waals surface area contributed by atoms with Gasteiger partial charge in [0.25, 0.3) is 0 Å². The van der Waals surface area contributed by atoms with Crippen LogP contribution in [-0.2, 0) is 20.7 Å². The highest BCUT2D eigenvalue weighted by Crippen LogP contribution is 2.41. The molecular formula is C27H28N2O4. The standard InChI is InChI=1S/C27H28N2O4/c1-3-31-24(27(30)32-4-2)18-19-11-13-20(14-12-19)33-17-7-10-23-25-21(8-5-15-28-25)22-9-6-16-29-26(22)23/h5-6,8-16,24H,3-4,7,17-18H2,1-2H3. The molecule has 1 aliphatic rings. The van der Waals surface area contributed by atoms with E-state index in [-0.39, 0.29) is 5.97 Å². The van der Waals surface area contributed by atoms with Crippen molar-refractivity contribution in [1.29, 1.82) is 0 Å². The predicted octanol–water partition coefficient (Wildman–Crippen LogP) is 4.87. The Morgan fingerprint density at radius 1 is 0.939 bits per heavy atom. The largest absolute Gasteiger partial charge is 0.493 e. The summed E-state index contributed by atoms with van der Waals surface area (Å²) in [6.07, 6.45) is 6.39. The Hall–Kier alpha value is -3.51. The van der Waals surface area contributed by atoms with Gasteiger partial charge in [0.05, 0.1) is 24.6 Å². The van der Waals surface area contributed by atoms with E-state index < -0.39 is 6.10 Å². The molecule has 1 atom stereocenters. The molecule has 4 rings (SSSR count). The first-order valence-corrected chi connectivity index (χ1v) is 11.3. The van der Waals surface area contributed by atoms with Gasteiger partial charge in [0, 0.05) is 48.5 Å². The summed E-state index contributed by atoms with van der Waals surface area (Å²) in [5, 5.41) is 0. The monoisotopic (exact) mass is 444 g/mol. The van der Waals surface area contributed by atoms with E-state index >= 15 is 0 Å². The maximum Gasteiger partial charge on any atom is 0.335 e. The smallest absolute Gasteiger partial charge is 0.335 e. The van der Waals surface area contributed by atoms with E-state index in [0.29, 0.717) is 26.2 Å². The molecule has 0 radical (unpaired) electrons. The molecule has 0 spiro atoms. The van der Waals surface area contributed by atoms with Crippen LogP contribution in [0.4, 0.5) is 0 Å². The first-order valence-electron chi connectivity index (χ1n) is 11.3. The zero-order chi connectivity index (χ0) is 23.0. The van der Waals surface area contributed by atoms with Gasteiger partial charge in [-0.15, -0.1) is 0 Å². The van der Waals surface area contributed by atoms with E-state index in [2.05, 4.69) is 28.2 Å². The third kappa shape index (κ3) is 5.29. The van der Waals surface area contributed by atoms with Gasteiger partial charge in [0.2, 0.25) is 0 Å². The van der Waals surface area contributed by atoms with Crippen molar-refractivity contribution < 1.29 is 19.0 Å². The van der Waals surface area contributed by atoms with Crippen LogP contribution in [-0.4, -0.2) is 41.9 Å². The van der Waals surface area contributed by atoms with Crippen LogP contribution in [0.5, 0.6) is 5.75 Å². The number of ether oxygens (including phenoxy) is 3. The number of carbonyl (C=O) groups excluding carboxylic acids is 1. The topological polar surface area (TPSA) is 70.5 Å². The predicted molar refractivity (Wildman–Crippen MR) is 127 cm³/mol. The van der Waals surface area contributed by atoms with Crippen LogP contribution in [0.25, 0.3) is 16.7 Å². The van der Waals surface area contributed by atoms with Gasteiger partial charge < -0.3 is 14.2 Å². The van der Waals surface area contributed by atoms with Crippen molar-refractivity contribution >= 4 is 11.5 Å². The second-order valence-corrected chi connectivity index (χ2v) is 7.60. The molecular weight excluding hydrogens is 416 g/mol. The molecule has 1 aromatic carbocycles. The second kappa shape index (κ2) is 10.9. The molecule has 33 heavy (non-hydrogen) atoms. The molecule has 0 fully saturated rings. The fourth-order valence-corrected chi connectivity index (χ4v) is 3.94. The second-order valence-electron chi connectivity index (χ2n) is 7.60. The number of rotatable bonds is 10. The molecule has 0 amide bonds. The summed E-state index contributed by atoms with van der Waals surface area (Å²) < 4.78 is 16.6. The first-order chi connectivity index (χ1) is 16.2. The summed E-state index contributed by atoms with van der Waals surface area (Å²) in [6.45, 7) is 5.00. The molecule has 0 saturated carbocycles. The molecule has 0 saturated heterocycles. The minimum Gasteiger partial charge on any atom is -0.493 e. The van der Waals surface area contributed by atoms with E-state index in [4.69, 9.17) is 14.2 Å². The van der Waals surface area contributed by atoms with Crippen LogP contribution in [0.3, 0.4) is 0 Å². The lowest BCUT2D eigenvalue weighted by Gasteiger charge is -2.15. The van der Waals surface area contributed by atoms with Gasteiger partial charge in [0.1, 0.15) is 5.75 Å². The average molecular weight is 445 g/mol. The molecule has 6 heteroatoms. The first kappa shape index (κ1) is 22.7. The van der Waals surface area contributed by atoms with Crippen molar-refractivity contribution in [3.63, 3.8) is 0 Å². The van der Waals surface area contributed by atoms with Crippen LogP contribution in [0.1, 0.15) is 37.2 Å². The zero-order valence-corrected chi connectivity index (χ0v) is 19.0. The van der Waals surface area contributed by atoms with Gasteiger partial charge in [-0.05, 0) is 43.7 Å². The minimum atomic E-state index is -0.590. The quantitative estimate of drug-likeness (QED) is 0.257. The molecule has 6 nitrogen and oxygen atoms in total. The third-order valence-corrected chi connectivity index (χ3v) is 5.41. The molecule has 0 bridgehead atoms. The maximum atomic E-state index is 12.1. The number of fused-ring (bicyclic) bond motifs is 3. The van der Waals surface area contributed by atoms with E-state index in [1.165, 1.54) is 0 Å². The normalized spacial score (nSPS) is 12.6. The Bertz CT molecular complexity index is 1080. The summed E-state index contributed by atoms with van der Waals surface area (Å²) in [5.41, 5.74) is 6.24. The number of hydrogen-bond acceptors (Lipinski definition) is 6. The van der Waals surface area contributed by atoms with E-state index in [9.17, 15) is 4.79 Å². The molecule has 1 unspecified atom stereocenters. The number of nitrogens with zero attached hydrogens (tertiary/aromatic N) is 2. The molecule has 2 heterocycles. The van der Waals surface area contributed by atoms with Crippen molar-refractivity contribution in [2.75, 3.05) is 19.8 Å². The van der Waals surface area contributed by atoms with Crippen LogP contribution < -0.4 is 4.74 Å². The summed E-state index contributed by atoms with van der Waals surface area (Å²) in [6, 6.07) is 15.8. The van der Waals surface area contributed by atoms with Crippen molar-refractivity contribution in [2.45, 2.75) is 32.8 Å². The van der Waals surface area contributed by atoms with Gasteiger partial charge in [-0.2, -0.15) is 0 Å². The summed E-state index contributed by atoms with van der Waals surface area (Å²) >= 11 is 0. The number of aromatic nitrogens is 2. The van der Waals surface area contributed by atoms with Gasteiger partial charge in [-0.1, -0.05) is 30.3 Å². The highest BCUT2D eigenvalue weighted by Gasteiger charge is 2.25. The van der Waals surface area contributed by atoms with E-state index in [1.54, 1.807) is 6.92 Å². The Labute approximate surface area is 194 Å². The van der Waals surface area contributed by atoms with Crippen molar-refractivity contribution in [3.05, 3.63) is 84.0 Å². The van der Waals surface area contributed by atoms with E-state index in [0.717, 1.165) is 45.8 Å². The van der Waals surface area contributed by atoms with E-state index in [1.807, 2.05) is 55.7 Å². The SMILES string of the molecule is CCOC(=O)C(Cc1ccc(OCCC=C2c3ncccc3-c3cccnc32)cc1)OCC. The average Bonchev–Trinajstić information content (AvgIpc) is 3.16. The Morgan fingerprint density at radius 3 is 2.21 bits per heavy atom. The van der Waals surface area contributed by atoms with Gasteiger partial charge in [0.15, 0.2) is 6.10 Å². The molecule has 1 aliphatic carbocycles. The fraction of sp³-hybridized carbons (Fsp3) is 0.296. The van der Waals surface area contributed by atoms with Crippen LogP contribution in [0.15, 0.2) is 67.0 Å². The van der Waals surface area contributed by atoms with Gasteiger partial charge in [-0.25, -0.2) is 4.79 Å². The highest BCUT2D eigenvalue weighted by atomic mass is 16.6. The molecule has 2 aromatic heterocycles. The lowest BCUT2D eigenvalue weighted by Crippen LogP contribution is -2.28. The summed E-state index contributed by atoms with van der Waals surface area (Å²) in [4.78, 5) is 21.2. The number of esters is 1. The number of pyridine rings is 2. The Kier molecular flexibility index (Phi) is 7.47. The van der Waals surface area contributed by atoms with Crippen molar-refractivity contribution in [2.24, 2.45) is 0 Å². The molecule has 3 aromatic rings. The lowest BCUT2D eigenvalue weighted by molar-refractivity contribution is -0.156. The highest BCUT2D eigenvalue weighted by molar-refractivity contribution is 5.98. The molecule has 170 valence electrons. The Balaban J connectivity index is 1.35. The fourth-order valence-electron chi connectivity index (χ4n) is 3.94. The lowest BCUT2D eigenvalue weighted by atomic mass is 10.1. The Morgan fingerprint density at radius 2 is 1.61 bits per heavy atom. The van der Waals surface area contributed by atoms with Crippen LogP contribution in [0, 0.1) is 0 Å². The summed E-state index contributed by atoms with van der Waals surface area (Å²) in [7, 11) is 0.